The third-order valence-electron chi connectivity index (χ3n) is 5.00. The highest BCUT2D eigenvalue weighted by molar-refractivity contribution is 5.95. The zero-order valence-corrected chi connectivity index (χ0v) is 17.0. The number of amides is 1. The highest BCUT2D eigenvalue weighted by atomic mass is 19.4. The number of alkyl halides is 3. The molecular formula is C22H19F3N6O. The lowest BCUT2D eigenvalue weighted by Gasteiger charge is -2.11. The number of carbonyl (C=O) groups is 1. The van der Waals surface area contributed by atoms with Crippen molar-refractivity contribution in [3.05, 3.63) is 95.2 Å². The van der Waals surface area contributed by atoms with Crippen molar-refractivity contribution in [2.24, 2.45) is 0 Å². The third-order valence-corrected chi connectivity index (χ3v) is 5.00. The molecule has 0 saturated carbocycles. The van der Waals surface area contributed by atoms with Gasteiger partial charge in [0.1, 0.15) is 0 Å². The minimum absolute atomic E-state index is 0.194. The van der Waals surface area contributed by atoms with Crippen LogP contribution in [0.2, 0.25) is 0 Å². The Morgan fingerprint density at radius 2 is 1.81 bits per heavy atom. The fourth-order valence-corrected chi connectivity index (χ4v) is 3.27. The molecule has 1 aromatic carbocycles. The van der Waals surface area contributed by atoms with E-state index in [4.69, 9.17) is 0 Å². The van der Waals surface area contributed by atoms with Crippen molar-refractivity contribution in [2.45, 2.75) is 26.2 Å². The molecule has 4 aromatic rings. The zero-order valence-electron chi connectivity index (χ0n) is 17.0. The van der Waals surface area contributed by atoms with E-state index in [-0.39, 0.29) is 11.7 Å². The maximum absolute atomic E-state index is 12.7. The molecule has 1 amide bonds. The summed E-state index contributed by atoms with van der Waals surface area (Å²) in [5, 5.41) is 11.2. The Balaban J connectivity index is 1.47. The standard InChI is InChI=1S/C22H19F3N6O/c1-15-19(13-29-31(15)20-8-7-18(12-26-20)22(23,24)25)21(32)27-11-16-5-2-3-6-17(16)14-30-10-4-9-28-30/h2-10,12-13H,11,14H2,1H3,(H,27,32). The second-order valence-corrected chi connectivity index (χ2v) is 7.11. The van der Waals surface area contributed by atoms with Crippen LogP contribution >= 0.6 is 0 Å². The van der Waals surface area contributed by atoms with Crippen LogP contribution in [0.3, 0.4) is 0 Å². The predicted molar refractivity (Wildman–Crippen MR) is 110 cm³/mol. The molecule has 0 aliphatic rings. The fourth-order valence-electron chi connectivity index (χ4n) is 3.27. The molecule has 0 aliphatic carbocycles. The van der Waals surface area contributed by atoms with Gasteiger partial charge in [-0.25, -0.2) is 9.67 Å². The minimum atomic E-state index is -4.47. The number of hydrogen-bond donors (Lipinski definition) is 1. The molecule has 164 valence electrons. The molecule has 0 unspecified atom stereocenters. The van der Waals surface area contributed by atoms with Crippen LogP contribution in [0.15, 0.2) is 67.3 Å². The van der Waals surface area contributed by atoms with Crippen molar-refractivity contribution < 1.29 is 18.0 Å². The van der Waals surface area contributed by atoms with E-state index in [0.717, 1.165) is 23.4 Å². The summed E-state index contributed by atoms with van der Waals surface area (Å²) in [6, 6.07) is 11.7. The average molecular weight is 440 g/mol. The Bertz CT molecular complexity index is 1210. The van der Waals surface area contributed by atoms with Crippen LogP contribution in [-0.4, -0.2) is 30.5 Å². The summed E-state index contributed by atoms with van der Waals surface area (Å²) in [5.41, 5.74) is 1.91. The number of carbonyl (C=O) groups excluding carboxylic acids is 1. The molecule has 0 fully saturated rings. The van der Waals surface area contributed by atoms with Crippen molar-refractivity contribution in [1.82, 2.24) is 29.9 Å². The average Bonchev–Trinajstić information content (AvgIpc) is 3.42. The van der Waals surface area contributed by atoms with Crippen molar-refractivity contribution in [2.75, 3.05) is 0 Å². The number of pyridine rings is 1. The largest absolute Gasteiger partial charge is 0.417 e. The Morgan fingerprint density at radius 3 is 2.47 bits per heavy atom. The highest BCUT2D eigenvalue weighted by Crippen LogP contribution is 2.28. The number of rotatable bonds is 6. The number of nitrogens with zero attached hydrogens (tertiary/aromatic N) is 5. The molecule has 0 spiro atoms. The summed E-state index contributed by atoms with van der Waals surface area (Å²) in [5.74, 6) is -0.145. The predicted octanol–water partition coefficient (Wildman–Crippen LogP) is 3.77. The summed E-state index contributed by atoms with van der Waals surface area (Å²) in [4.78, 5) is 16.6. The second kappa shape index (κ2) is 8.66. The first-order valence-corrected chi connectivity index (χ1v) is 9.73. The summed E-state index contributed by atoms with van der Waals surface area (Å²) in [7, 11) is 0. The molecule has 1 N–H and O–H groups in total. The molecule has 0 radical (unpaired) electrons. The monoisotopic (exact) mass is 440 g/mol. The van der Waals surface area contributed by atoms with E-state index in [2.05, 4.69) is 20.5 Å². The van der Waals surface area contributed by atoms with Gasteiger partial charge in [-0.3, -0.25) is 9.48 Å². The maximum Gasteiger partial charge on any atom is 0.417 e. The molecule has 0 aliphatic heterocycles. The van der Waals surface area contributed by atoms with Crippen LogP contribution < -0.4 is 5.32 Å². The van der Waals surface area contributed by atoms with E-state index in [9.17, 15) is 18.0 Å². The number of nitrogens with one attached hydrogen (secondary N) is 1. The molecular weight excluding hydrogens is 421 g/mol. The molecule has 3 heterocycles. The van der Waals surface area contributed by atoms with Gasteiger partial charge in [0, 0.05) is 25.1 Å². The maximum atomic E-state index is 12.7. The van der Waals surface area contributed by atoms with Crippen LogP contribution in [0.5, 0.6) is 0 Å². The number of hydrogen-bond acceptors (Lipinski definition) is 4. The van der Waals surface area contributed by atoms with Crippen LogP contribution in [0, 0.1) is 6.92 Å². The fraction of sp³-hybridized carbons (Fsp3) is 0.182. The minimum Gasteiger partial charge on any atom is -0.348 e. The summed E-state index contributed by atoms with van der Waals surface area (Å²) in [6.07, 6.45) is 1.22. The van der Waals surface area contributed by atoms with Gasteiger partial charge >= 0.3 is 6.18 Å². The highest BCUT2D eigenvalue weighted by Gasteiger charge is 2.30. The van der Waals surface area contributed by atoms with E-state index < -0.39 is 11.7 Å². The molecule has 0 bridgehead atoms. The number of aromatic nitrogens is 5. The molecule has 0 atom stereocenters. The van der Waals surface area contributed by atoms with Gasteiger partial charge in [-0.1, -0.05) is 24.3 Å². The molecule has 3 aromatic heterocycles. The van der Waals surface area contributed by atoms with Gasteiger partial charge in [0.25, 0.3) is 5.91 Å². The van der Waals surface area contributed by atoms with E-state index in [0.29, 0.717) is 24.3 Å². The van der Waals surface area contributed by atoms with Crippen molar-refractivity contribution in [1.29, 1.82) is 0 Å². The Hall–Kier alpha value is -3.95. The second-order valence-electron chi connectivity index (χ2n) is 7.11. The Labute approximate surface area is 181 Å². The van der Waals surface area contributed by atoms with Crippen LogP contribution in [0.1, 0.15) is 32.7 Å². The first-order chi connectivity index (χ1) is 15.3. The Kier molecular flexibility index (Phi) is 5.76. The van der Waals surface area contributed by atoms with Gasteiger partial charge in [-0.05, 0) is 36.2 Å². The van der Waals surface area contributed by atoms with Gasteiger partial charge in [-0.15, -0.1) is 0 Å². The van der Waals surface area contributed by atoms with Gasteiger partial charge < -0.3 is 5.32 Å². The van der Waals surface area contributed by atoms with Gasteiger partial charge in [0.2, 0.25) is 0 Å². The van der Waals surface area contributed by atoms with Crippen molar-refractivity contribution in [3.8, 4) is 5.82 Å². The molecule has 0 saturated heterocycles. The topological polar surface area (TPSA) is 77.6 Å². The quantitative estimate of drug-likeness (QED) is 0.495. The first kappa shape index (κ1) is 21.3. The SMILES string of the molecule is Cc1c(C(=O)NCc2ccccc2Cn2cccn2)cnn1-c1ccc(C(F)(F)F)cn1. The summed E-state index contributed by atoms with van der Waals surface area (Å²) >= 11 is 0. The molecule has 4 rings (SSSR count). The van der Waals surface area contributed by atoms with Crippen molar-refractivity contribution in [3.63, 3.8) is 0 Å². The van der Waals surface area contributed by atoms with E-state index in [1.54, 1.807) is 17.8 Å². The third kappa shape index (κ3) is 4.53. The smallest absolute Gasteiger partial charge is 0.348 e. The van der Waals surface area contributed by atoms with Crippen LogP contribution in [0.25, 0.3) is 5.82 Å². The van der Waals surface area contributed by atoms with E-state index in [1.807, 2.05) is 36.5 Å². The van der Waals surface area contributed by atoms with Gasteiger partial charge in [0.05, 0.1) is 29.6 Å². The molecule has 10 heteroatoms. The van der Waals surface area contributed by atoms with E-state index in [1.165, 1.54) is 16.9 Å². The van der Waals surface area contributed by atoms with Crippen molar-refractivity contribution >= 4 is 5.91 Å². The van der Waals surface area contributed by atoms with Crippen LogP contribution in [-0.2, 0) is 19.3 Å². The molecule has 32 heavy (non-hydrogen) atoms. The lowest BCUT2D eigenvalue weighted by Crippen LogP contribution is -2.24. The Morgan fingerprint density at radius 1 is 1.03 bits per heavy atom. The summed E-state index contributed by atoms with van der Waals surface area (Å²) < 4.78 is 41.4. The van der Waals surface area contributed by atoms with Gasteiger partial charge in [0.15, 0.2) is 5.82 Å². The van der Waals surface area contributed by atoms with Gasteiger partial charge in [-0.2, -0.15) is 23.4 Å². The van der Waals surface area contributed by atoms with E-state index >= 15 is 0 Å². The zero-order chi connectivity index (χ0) is 22.7. The lowest BCUT2D eigenvalue weighted by molar-refractivity contribution is -0.137. The normalized spacial score (nSPS) is 11.5. The number of halogens is 3. The summed E-state index contributed by atoms with van der Waals surface area (Å²) in [6.45, 7) is 2.54. The number of benzene rings is 1. The molecule has 7 nitrogen and oxygen atoms in total. The first-order valence-electron chi connectivity index (χ1n) is 9.73. The lowest BCUT2D eigenvalue weighted by atomic mass is 10.1. The van der Waals surface area contributed by atoms with Crippen LogP contribution in [0.4, 0.5) is 13.2 Å².